The molecule has 7 nitrogen and oxygen atoms in total. The zero-order valence-corrected chi connectivity index (χ0v) is 10.2. The molecule has 1 aliphatic rings. The number of nitrogens with one attached hydrogen (secondary N) is 1. The van der Waals surface area contributed by atoms with Crippen LogP contribution in [-0.2, 0) is 0 Å². The van der Waals surface area contributed by atoms with Gasteiger partial charge in [0.25, 0.3) is 0 Å². The minimum absolute atomic E-state index is 0.310. The zero-order valence-electron chi connectivity index (χ0n) is 10.2. The maximum absolute atomic E-state index is 5.34. The van der Waals surface area contributed by atoms with E-state index < -0.39 is 0 Å². The van der Waals surface area contributed by atoms with Gasteiger partial charge in [-0.3, -0.25) is 5.43 Å². The summed E-state index contributed by atoms with van der Waals surface area (Å²) in [5.41, 5.74) is 2.44. The SMILES string of the molecule is CCOc1nc(NN)nc(N(CC)C2CC2)n1. The number of aromatic nitrogens is 3. The van der Waals surface area contributed by atoms with Gasteiger partial charge in [0.05, 0.1) is 6.61 Å². The van der Waals surface area contributed by atoms with Crippen LogP contribution in [0.5, 0.6) is 6.01 Å². The van der Waals surface area contributed by atoms with E-state index in [1.807, 2.05) is 6.92 Å². The van der Waals surface area contributed by atoms with Crippen molar-refractivity contribution in [1.29, 1.82) is 0 Å². The molecule has 0 bridgehead atoms. The van der Waals surface area contributed by atoms with Crippen LogP contribution in [0.3, 0.4) is 0 Å². The summed E-state index contributed by atoms with van der Waals surface area (Å²) in [5, 5.41) is 0. The van der Waals surface area contributed by atoms with Gasteiger partial charge in [-0.1, -0.05) is 0 Å². The summed E-state index contributed by atoms with van der Waals surface area (Å²) in [4.78, 5) is 14.7. The molecule has 1 aromatic heterocycles. The van der Waals surface area contributed by atoms with E-state index in [1.54, 1.807) is 0 Å². The average Bonchev–Trinajstić information content (AvgIpc) is 3.15. The fourth-order valence-electron chi connectivity index (χ4n) is 1.68. The fourth-order valence-corrected chi connectivity index (χ4v) is 1.68. The number of rotatable bonds is 6. The van der Waals surface area contributed by atoms with Crippen molar-refractivity contribution in [2.75, 3.05) is 23.5 Å². The van der Waals surface area contributed by atoms with Gasteiger partial charge in [0.2, 0.25) is 11.9 Å². The normalized spacial score (nSPS) is 14.5. The molecule has 0 aliphatic heterocycles. The number of nitrogens with zero attached hydrogens (tertiary/aromatic N) is 4. The third-order valence-corrected chi connectivity index (χ3v) is 2.59. The summed E-state index contributed by atoms with van der Waals surface area (Å²) in [6, 6.07) is 0.854. The average molecular weight is 238 g/mol. The predicted octanol–water partition coefficient (Wildman–Crippen LogP) is 0.545. The second-order valence-corrected chi connectivity index (χ2v) is 3.84. The Morgan fingerprint density at radius 2 is 2.12 bits per heavy atom. The van der Waals surface area contributed by atoms with Gasteiger partial charge in [0, 0.05) is 12.6 Å². The molecule has 0 spiro atoms. The number of anilines is 2. The number of nitrogens with two attached hydrogens (primary N) is 1. The molecule has 0 saturated heterocycles. The molecule has 1 heterocycles. The molecule has 0 unspecified atom stereocenters. The molecule has 1 aromatic rings. The third kappa shape index (κ3) is 2.73. The highest BCUT2D eigenvalue weighted by molar-refractivity contribution is 5.40. The van der Waals surface area contributed by atoms with Gasteiger partial charge in [0.15, 0.2) is 0 Å². The van der Waals surface area contributed by atoms with E-state index in [9.17, 15) is 0 Å². The smallest absolute Gasteiger partial charge is 0.323 e. The molecule has 3 N–H and O–H groups in total. The minimum Gasteiger partial charge on any atom is -0.464 e. The lowest BCUT2D eigenvalue weighted by Crippen LogP contribution is -2.28. The second-order valence-electron chi connectivity index (χ2n) is 3.84. The lowest BCUT2D eigenvalue weighted by molar-refractivity contribution is 0.312. The highest BCUT2D eigenvalue weighted by Gasteiger charge is 2.30. The maximum Gasteiger partial charge on any atom is 0.323 e. The standard InChI is InChI=1S/C10H18N6O/c1-3-16(7-5-6-7)9-12-8(15-11)13-10(14-9)17-4-2/h7H,3-6,11H2,1-2H3,(H,12,13,14,15). The molecule has 0 atom stereocenters. The molecule has 94 valence electrons. The van der Waals surface area contributed by atoms with E-state index in [2.05, 4.69) is 32.2 Å². The number of hydrogen-bond acceptors (Lipinski definition) is 7. The van der Waals surface area contributed by atoms with Gasteiger partial charge in [0.1, 0.15) is 0 Å². The minimum atomic E-state index is 0.310. The number of ether oxygens (including phenoxy) is 1. The Bertz CT molecular complexity index is 381. The van der Waals surface area contributed by atoms with Crippen LogP contribution in [0.2, 0.25) is 0 Å². The van der Waals surface area contributed by atoms with E-state index in [1.165, 1.54) is 12.8 Å². The quantitative estimate of drug-likeness (QED) is 0.552. The first-order valence-corrected chi connectivity index (χ1v) is 5.90. The van der Waals surface area contributed by atoms with Crippen LogP contribution in [-0.4, -0.2) is 34.1 Å². The summed E-state index contributed by atoms with van der Waals surface area (Å²) >= 11 is 0. The molecular weight excluding hydrogens is 220 g/mol. The first-order chi connectivity index (χ1) is 8.28. The van der Waals surface area contributed by atoms with Gasteiger partial charge in [-0.05, 0) is 26.7 Å². The Kier molecular flexibility index (Phi) is 3.58. The van der Waals surface area contributed by atoms with Crippen molar-refractivity contribution < 1.29 is 4.74 Å². The van der Waals surface area contributed by atoms with E-state index >= 15 is 0 Å². The molecule has 7 heteroatoms. The summed E-state index contributed by atoms with van der Waals surface area (Å²) < 4.78 is 5.30. The molecular formula is C10H18N6O. The zero-order chi connectivity index (χ0) is 12.3. The topological polar surface area (TPSA) is 89.2 Å². The molecule has 0 amide bonds. The van der Waals surface area contributed by atoms with Gasteiger partial charge >= 0.3 is 6.01 Å². The van der Waals surface area contributed by atoms with Gasteiger partial charge in [-0.2, -0.15) is 15.0 Å². The van der Waals surface area contributed by atoms with Crippen molar-refractivity contribution in [2.24, 2.45) is 5.84 Å². The Morgan fingerprint density at radius 3 is 2.65 bits per heavy atom. The Hall–Kier alpha value is -1.63. The second kappa shape index (κ2) is 5.13. The maximum atomic E-state index is 5.34. The summed E-state index contributed by atoms with van der Waals surface area (Å²) in [7, 11) is 0. The highest BCUT2D eigenvalue weighted by atomic mass is 16.5. The van der Waals surface area contributed by atoms with Crippen LogP contribution in [0, 0.1) is 0 Å². The molecule has 0 radical (unpaired) electrons. The van der Waals surface area contributed by atoms with E-state index in [0.717, 1.165) is 6.54 Å². The number of hydrazine groups is 1. The van der Waals surface area contributed by atoms with Crippen molar-refractivity contribution in [3.63, 3.8) is 0 Å². The van der Waals surface area contributed by atoms with Crippen LogP contribution in [0.4, 0.5) is 11.9 Å². The van der Waals surface area contributed by atoms with Crippen molar-refractivity contribution in [2.45, 2.75) is 32.7 Å². The third-order valence-electron chi connectivity index (χ3n) is 2.59. The van der Waals surface area contributed by atoms with E-state index in [0.29, 0.717) is 30.6 Å². The van der Waals surface area contributed by atoms with Crippen LogP contribution in [0.25, 0.3) is 0 Å². The lowest BCUT2D eigenvalue weighted by atomic mass is 10.5. The Morgan fingerprint density at radius 1 is 1.35 bits per heavy atom. The van der Waals surface area contributed by atoms with Gasteiger partial charge in [-0.15, -0.1) is 0 Å². The first kappa shape index (κ1) is 11.8. The van der Waals surface area contributed by atoms with Crippen molar-refractivity contribution in [3.05, 3.63) is 0 Å². The van der Waals surface area contributed by atoms with Gasteiger partial charge in [-0.25, -0.2) is 5.84 Å². The van der Waals surface area contributed by atoms with Gasteiger partial charge < -0.3 is 9.64 Å². The molecule has 1 fully saturated rings. The predicted molar refractivity (Wildman–Crippen MR) is 64.8 cm³/mol. The first-order valence-electron chi connectivity index (χ1n) is 5.90. The van der Waals surface area contributed by atoms with E-state index in [-0.39, 0.29) is 0 Å². The van der Waals surface area contributed by atoms with Crippen molar-refractivity contribution in [1.82, 2.24) is 15.0 Å². The van der Waals surface area contributed by atoms with Crippen molar-refractivity contribution >= 4 is 11.9 Å². The van der Waals surface area contributed by atoms with Crippen molar-refractivity contribution in [3.8, 4) is 6.01 Å². The molecule has 17 heavy (non-hydrogen) atoms. The fraction of sp³-hybridized carbons (Fsp3) is 0.700. The summed E-state index contributed by atoms with van der Waals surface area (Å²) in [5.74, 6) is 6.30. The van der Waals surface area contributed by atoms with Crippen LogP contribution < -0.4 is 20.9 Å². The van der Waals surface area contributed by atoms with Crippen LogP contribution in [0.15, 0.2) is 0 Å². The lowest BCUT2D eigenvalue weighted by Gasteiger charge is -2.20. The Balaban J connectivity index is 2.27. The summed E-state index contributed by atoms with van der Waals surface area (Å²) in [6.45, 7) is 5.35. The van der Waals surface area contributed by atoms with Crippen LogP contribution >= 0.6 is 0 Å². The molecule has 1 aliphatic carbocycles. The van der Waals surface area contributed by atoms with Crippen LogP contribution in [0.1, 0.15) is 26.7 Å². The number of hydrogen-bond donors (Lipinski definition) is 2. The monoisotopic (exact) mass is 238 g/mol. The molecule has 1 saturated carbocycles. The Labute approximate surface area is 100 Å². The highest BCUT2D eigenvalue weighted by Crippen LogP contribution is 2.30. The summed E-state index contributed by atoms with van der Waals surface area (Å²) in [6.07, 6.45) is 2.38. The van der Waals surface area contributed by atoms with E-state index in [4.69, 9.17) is 10.6 Å². The number of nitrogen functional groups attached to an aromatic ring is 1. The largest absolute Gasteiger partial charge is 0.464 e. The molecule has 2 rings (SSSR count). The molecule has 0 aromatic carbocycles.